The van der Waals surface area contributed by atoms with Crippen molar-refractivity contribution < 1.29 is 18.7 Å². The molecule has 0 aliphatic carbocycles. The van der Waals surface area contributed by atoms with Crippen LogP contribution in [0.4, 0.5) is 0 Å². The molecule has 1 fully saturated rings. The number of halogens is 1. The zero-order valence-electron chi connectivity index (χ0n) is 13.0. The number of benzene rings is 1. The van der Waals surface area contributed by atoms with E-state index in [0.29, 0.717) is 23.9 Å². The monoisotopic (exact) mass is 335 g/mol. The van der Waals surface area contributed by atoms with Crippen LogP contribution >= 0.6 is 11.6 Å². The van der Waals surface area contributed by atoms with Gasteiger partial charge in [-0.15, -0.1) is 0 Å². The van der Waals surface area contributed by atoms with Gasteiger partial charge in [0.05, 0.1) is 12.2 Å². The molecule has 2 aromatic rings. The van der Waals surface area contributed by atoms with Crippen molar-refractivity contribution in [1.82, 2.24) is 4.90 Å². The lowest BCUT2D eigenvalue weighted by Crippen LogP contribution is -2.48. The number of hydrogen-bond acceptors (Lipinski definition) is 4. The Labute approximate surface area is 139 Å². The molecule has 0 spiro atoms. The Morgan fingerprint density at radius 2 is 1.96 bits per heavy atom. The Morgan fingerprint density at radius 3 is 2.65 bits per heavy atom. The summed E-state index contributed by atoms with van der Waals surface area (Å²) in [6.45, 7) is 5.00. The second-order valence-corrected chi connectivity index (χ2v) is 6.08. The fraction of sp³-hybridized carbons (Fsp3) is 0.353. The van der Waals surface area contributed by atoms with Crippen molar-refractivity contribution in [3.05, 3.63) is 47.2 Å². The molecule has 5 nitrogen and oxygen atoms in total. The summed E-state index contributed by atoms with van der Waals surface area (Å²) in [5.41, 5.74) is 0. The van der Waals surface area contributed by atoms with Crippen molar-refractivity contribution in [1.29, 1.82) is 0 Å². The zero-order chi connectivity index (χ0) is 16.4. The van der Waals surface area contributed by atoms with Crippen molar-refractivity contribution in [3.63, 3.8) is 0 Å². The molecule has 0 saturated carbocycles. The van der Waals surface area contributed by atoms with Crippen LogP contribution < -0.4 is 4.74 Å². The average Bonchev–Trinajstić information content (AvgIpc) is 2.94. The number of nitrogens with zero attached hydrogens (tertiary/aromatic N) is 1. The van der Waals surface area contributed by atoms with Gasteiger partial charge in [-0.05, 0) is 38.1 Å². The van der Waals surface area contributed by atoms with Gasteiger partial charge < -0.3 is 18.8 Å². The Hall–Kier alpha value is -1.98. The van der Waals surface area contributed by atoms with Crippen LogP contribution in [0.5, 0.6) is 11.7 Å². The maximum absolute atomic E-state index is 12.5. The Morgan fingerprint density at radius 1 is 1.22 bits per heavy atom. The summed E-state index contributed by atoms with van der Waals surface area (Å²) in [4.78, 5) is 14.2. The van der Waals surface area contributed by atoms with Crippen molar-refractivity contribution in [2.75, 3.05) is 13.1 Å². The van der Waals surface area contributed by atoms with Crippen molar-refractivity contribution in [2.24, 2.45) is 0 Å². The van der Waals surface area contributed by atoms with Crippen LogP contribution in [0.1, 0.15) is 24.4 Å². The minimum absolute atomic E-state index is 0.0137. The molecule has 6 heteroatoms. The highest BCUT2D eigenvalue weighted by Gasteiger charge is 2.28. The minimum atomic E-state index is -0.159. The van der Waals surface area contributed by atoms with E-state index in [1.807, 2.05) is 13.8 Å². The summed E-state index contributed by atoms with van der Waals surface area (Å²) in [5, 5.41) is 0.571. The third kappa shape index (κ3) is 3.86. The minimum Gasteiger partial charge on any atom is -0.426 e. The normalized spacial score (nSPS) is 21.3. The molecule has 0 unspecified atom stereocenters. The summed E-state index contributed by atoms with van der Waals surface area (Å²) >= 11 is 5.91. The van der Waals surface area contributed by atoms with Gasteiger partial charge in [-0.3, -0.25) is 4.79 Å². The number of ether oxygens (including phenoxy) is 2. The van der Waals surface area contributed by atoms with E-state index < -0.39 is 0 Å². The summed E-state index contributed by atoms with van der Waals surface area (Å²) in [5.74, 6) is 0.903. The molecular weight excluding hydrogens is 318 g/mol. The summed E-state index contributed by atoms with van der Waals surface area (Å²) in [6, 6.07) is 10.2. The largest absolute Gasteiger partial charge is 0.426 e. The molecule has 1 aromatic heterocycles. The van der Waals surface area contributed by atoms with Crippen molar-refractivity contribution >= 4 is 17.5 Å². The van der Waals surface area contributed by atoms with E-state index in [1.165, 1.54) is 0 Å². The first kappa shape index (κ1) is 15.9. The number of carbonyl (C=O) groups is 1. The van der Waals surface area contributed by atoms with Crippen LogP contribution in [0, 0.1) is 0 Å². The van der Waals surface area contributed by atoms with Crippen LogP contribution in [-0.2, 0) is 4.74 Å². The zero-order valence-corrected chi connectivity index (χ0v) is 13.7. The molecule has 0 N–H and O–H groups in total. The van der Waals surface area contributed by atoms with Crippen LogP contribution in [0.25, 0.3) is 0 Å². The standard InChI is InChI=1S/C17H18ClNO4/c1-11-9-19(10-12(2)21-11)17(20)15-6-7-16(23-15)22-14-5-3-4-13(18)8-14/h3-8,11-12H,9-10H2,1-2H3/t11-,12-/m0/s1. The lowest BCUT2D eigenvalue weighted by atomic mass is 10.2. The second kappa shape index (κ2) is 6.64. The van der Waals surface area contributed by atoms with Gasteiger partial charge in [-0.25, -0.2) is 0 Å². The first-order chi connectivity index (χ1) is 11.0. The topological polar surface area (TPSA) is 51.9 Å². The van der Waals surface area contributed by atoms with Crippen molar-refractivity contribution in [2.45, 2.75) is 26.1 Å². The average molecular weight is 336 g/mol. The SMILES string of the molecule is C[C@H]1CN(C(=O)c2ccc(Oc3cccc(Cl)c3)o2)C[C@H](C)O1. The van der Waals surface area contributed by atoms with Crippen LogP contribution in [-0.4, -0.2) is 36.1 Å². The van der Waals surface area contributed by atoms with Gasteiger partial charge >= 0.3 is 0 Å². The lowest BCUT2D eigenvalue weighted by molar-refractivity contribution is -0.0592. The van der Waals surface area contributed by atoms with Crippen LogP contribution in [0.15, 0.2) is 40.8 Å². The first-order valence-electron chi connectivity index (χ1n) is 7.49. The first-order valence-corrected chi connectivity index (χ1v) is 7.87. The molecule has 23 heavy (non-hydrogen) atoms. The number of furan rings is 1. The maximum Gasteiger partial charge on any atom is 0.290 e. The third-order valence-electron chi connectivity index (χ3n) is 3.51. The molecule has 0 radical (unpaired) electrons. The molecule has 2 atom stereocenters. The molecule has 3 rings (SSSR count). The van der Waals surface area contributed by atoms with Crippen LogP contribution in [0.3, 0.4) is 0 Å². The molecular formula is C17H18ClNO4. The highest BCUT2D eigenvalue weighted by molar-refractivity contribution is 6.30. The van der Waals surface area contributed by atoms with E-state index in [2.05, 4.69) is 0 Å². The molecule has 1 aliphatic heterocycles. The lowest BCUT2D eigenvalue weighted by Gasteiger charge is -2.34. The predicted octanol–water partition coefficient (Wildman–Crippen LogP) is 3.97. The van der Waals surface area contributed by atoms with Gasteiger partial charge in [0.25, 0.3) is 11.9 Å². The maximum atomic E-state index is 12.5. The van der Waals surface area contributed by atoms with E-state index >= 15 is 0 Å². The van der Waals surface area contributed by atoms with E-state index in [4.69, 9.17) is 25.5 Å². The van der Waals surface area contributed by atoms with Gasteiger partial charge in [0.15, 0.2) is 5.76 Å². The molecule has 122 valence electrons. The third-order valence-corrected chi connectivity index (χ3v) is 3.75. The number of morpholine rings is 1. The molecule has 1 aromatic carbocycles. The number of carbonyl (C=O) groups excluding carboxylic acids is 1. The predicted molar refractivity (Wildman–Crippen MR) is 86.1 cm³/mol. The van der Waals surface area contributed by atoms with Crippen molar-refractivity contribution in [3.8, 4) is 11.7 Å². The van der Waals surface area contributed by atoms with Crippen LogP contribution in [0.2, 0.25) is 5.02 Å². The quantitative estimate of drug-likeness (QED) is 0.851. The molecule has 1 amide bonds. The second-order valence-electron chi connectivity index (χ2n) is 5.65. The fourth-order valence-electron chi connectivity index (χ4n) is 2.64. The summed E-state index contributed by atoms with van der Waals surface area (Å²) in [7, 11) is 0. The van der Waals surface area contributed by atoms with Gasteiger partial charge in [-0.2, -0.15) is 0 Å². The number of hydrogen-bond donors (Lipinski definition) is 0. The highest BCUT2D eigenvalue weighted by Crippen LogP contribution is 2.26. The van der Waals surface area contributed by atoms with Gasteiger partial charge in [0.1, 0.15) is 5.75 Å². The Bertz CT molecular complexity index is 689. The summed E-state index contributed by atoms with van der Waals surface area (Å²) < 4.78 is 16.7. The smallest absolute Gasteiger partial charge is 0.290 e. The molecule has 1 saturated heterocycles. The van der Waals surface area contributed by atoms with E-state index in [9.17, 15) is 4.79 Å². The Balaban J connectivity index is 1.70. The Kier molecular flexibility index (Phi) is 4.59. The number of amides is 1. The molecule has 0 bridgehead atoms. The molecule has 1 aliphatic rings. The highest BCUT2D eigenvalue weighted by atomic mass is 35.5. The number of rotatable bonds is 3. The summed E-state index contributed by atoms with van der Waals surface area (Å²) in [6.07, 6.45) is 0.0275. The van der Waals surface area contributed by atoms with Gasteiger partial charge in [0.2, 0.25) is 0 Å². The van der Waals surface area contributed by atoms with E-state index in [1.54, 1.807) is 41.3 Å². The molecule has 2 heterocycles. The van der Waals surface area contributed by atoms with E-state index in [0.717, 1.165) is 0 Å². The fourth-order valence-corrected chi connectivity index (χ4v) is 2.82. The van der Waals surface area contributed by atoms with Gasteiger partial charge in [0, 0.05) is 24.2 Å². The van der Waals surface area contributed by atoms with E-state index in [-0.39, 0.29) is 29.8 Å². The van der Waals surface area contributed by atoms with Gasteiger partial charge in [-0.1, -0.05) is 17.7 Å².